The number of carbonyl (C=O) groups excluding carboxylic acids is 2. The van der Waals surface area contributed by atoms with Gasteiger partial charge in [0, 0.05) is 152 Å². The number of nitrogens with zero attached hydrogens (tertiary/aromatic N) is 6. The van der Waals surface area contributed by atoms with Gasteiger partial charge < -0.3 is 40.7 Å². The van der Waals surface area contributed by atoms with E-state index in [2.05, 4.69) is 156 Å². The van der Waals surface area contributed by atoms with Crippen LogP contribution in [0.2, 0.25) is 10.0 Å². The largest absolute Gasteiger partial charge is 0.494 e. The van der Waals surface area contributed by atoms with Crippen molar-refractivity contribution in [2.75, 3.05) is 50.0 Å². The summed E-state index contributed by atoms with van der Waals surface area (Å²) in [7, 11) is 4.06. The minimum atomic E-state index is 0.0541. The monoisotopic (exact) mass is 1340 g/mol. The fraction of sp³-hybridized carbons (Fsp3) is 0.250. The van der Waals surface area contributed by atoms with E-state index >= 15 is 0 Å². The summed E-state index contributed by atoms with van der Waals surface area (Å²) < 4.78 is 16.7. The molecule has 0 unspecified atom stereocenters. The fourth-order valence-electron chi connectivity index (χ4n) is 12.8. The van der Waals surface area contributed by atoms with E-state index in [1.807, 2.05) is 91.5 Å². The molecule has 2 aliphatic heterocycles. The van der Waals surface area contributed by atoms with Crippen LogP contribution in [0.5, 0.6) is 11.5 Å². The Hall–Kier alpha value is -10.4. The van der Waals surface area contributed by atoms with Gasteiger partial charge >= 0.3 is 0 Å². The molecule has 2 amide bonds. The lowest BCUT2D eigenvalue weighted by atomic mass is 10.0. The van der Waals surface area contributed by atoms with Gasteiger partial charge in [0.15, 0.2) is 24.8 Å². The molecule has 0 spiro atoms. The summed E-state index contributed by atoms with van der Waals surface area (Å²) in [6, 6.07) is 49.2. The van der Waals surface area contributed by atoms with E-state index in [0.717, 1.165) is 211 Å². The molecule has 6 N–H and O–H groups in total. The van der Waals surface area contributed by atoms with E-state index < -0.39 is 0 Å². The number of nitrogens with one attached hydrogen (secondary N) is 6. The van der Waals surface area contributed by atoms with E-state index in [9.17, 15) is 9.59 Å². The predicted octanol–water partition coefficient (Wildman–Crippen LogP) is 16.1. The minimum Gasteiger partial charge on any atom is -0.494 e. The Kier molecular flexibility index (Phi) is 21.4. The molecule has 18 heteroatoms. The van der Waals surface area contributed by atoms with Crippen LogP contribution in [0, 0.1) is 0 Å². The Morgan fingerprint density at radius 3 is 1.30 bits per heavy atom. The summed E-state index contributed by atoms with van der Waals surface area (Å²) in [5.74, 6) is 1.61. The summed E-state index contributed by atoms with van der Waals surface area (Å²) in [4.78, 5) is 53.4. The van der Waals surface area contributed by atoms with Crippen molar-refractivity contribution in [3.63, 3.8) is 0 Å². The molecular weight excluding hydrogens is 1260 g/mol. The van der Waals surface area contributed by atoms with Crippen molar-refractivity contribution in [3.8, 4) is 56.0 Å². The lowest BCUT2D eigenvalue weighted by molar-refractivity contribution is -0.671. The zero-order valence-corrected chi connectivity index (χ0v) is 56.8. The number of hydrogen-bond donors (Lipinski definition) is 6. The number of rotatable bonds is 28. The fourth-order valence-corrected chi connectivity index (χ4v) is 13.1. The molecule has 16 nitrogen and oxygen atoms in total. The van der Waals surface area contributed by atoms with Gasteiger partial charge in [0.2, 0.25) is 11.8 Å². The molecule has 2 aliphatic rings. The van der Waals surface area contributed by atoms with Gasteiger partial charge in [-0.2, -0.15) is 0 Å². The van der Waals surface area contributed by atoms with Crippen LogP contribution >= 0.6 is 23.2 Å². The number of fused-ring (bicyclic) bond motifs is 10. The Labute approximate surface area is 580 Å². The average molecular weight is 1340 g/mol. The molecule has 0 saturated carbocycles. The zero-order valence-electron chi connectivity index (χ0n) is 55.3. The van der Waals surface area contributed by atoms with Crippen LogP contribution in [0.4, 0.5) is 11.4 Å². The molecule has 9 heterocycles. The van der Waals surface area contributed by atoms with Crippen molar-refractivity contribution in [2.24, 2.45) is 14.1 Å². The maximum atomic E-state index is 12.8. The first-order chi connectivity index (χ1) is 48.0. The molecular formula is C80H80Cl2N12O4+2. The molecule has 496 valence electrons. The van der Waals surface area contributed by atoms with Crippen LogP contribution in [0.1, 0.15) is 87.0 Å². The second-order valence-electron chi connectivity index (χ2n) is 25.0. The van der Waals surface area contributed by atoms with Crippen molar-refractivity contribution < 1.29 is 28.2 Å². The number of halogens is 2. The van der Waals surface area contributed by atoms with Gasteiger partial charge in [0.05, 0.1) is 47.0 Å². The number of unbranched alkanes of at least 4 members (excludes halogenated alkanes) is 4. The maximum absolute atomic E-state index is 12.8. The summed E-state index contributed by atoms with van der Waals surface area (Å²) in [6.07, 6.45) is 25.0. The highest BCUT2D eigenvalue weighted by atomic mass is 35.5. The van der Waals surface area contributed by atoms with Gasteiger partial charge in [0.1, 0.15) is 25.6 Å². The van der Waals surface area contributed by atoms with Crippen molar-refractivity contribution in [2.45, 2.75) is 77.0 Å². The SMILES string of the molecule is C[n+]1ccc(-c2c3nc(c(-c4ccc(OCCCCC(=O)NCCCCNc5ccnc6cc(Cl)ccc56)cc4)c4ccc([nH]4)c(-c4ccc(OCCCCC(=O)NCCCCNc5ccnc6cc(Cl)ccc56)cc4)c4nc(c(-c5cc[n+](C)cc5)c5ccc2[nH]5)CC4)C=C3)cc1. The van der Waals surface area contributed by atoms with Gasteiger partial charge in [-0.25, -0.2) is 14.1 Å². The third kappa shape index (κ3) is 16.3. The molecule has 13 rings (SSSR count). The first kappa shape index (κ1) is 66.2. The van der Waals surface area contributed by atoms with Crippen LogP contribution in [-0.2, 0) is 36.5 Å². The highest BCUT2D eigenvalue weighted by Crippen LogP contribution is 2.39. The Morgan fingerprint density at radius 2 is 0.847 bits per heavy atom. The minimum absolute atomic E-state index is 0.0541. The van der Waals surface area contributed by atoms with Gasteiger partial charge in [-0.05, 0) is 196 Å². The van der Waals surface area contributed by atoms with Crippen LogP contribution < -0.4 is 39.9 Å². The molecule has 0 aliphatic carbocycles. The summed E-state index contributed by atoms with van der Waals surface area (Å²) in [5.41, 5.74) is 19.1. The topological polar surface area (TPSA) is 192 Å². The quantitative estimate of drug-likeness (QED) is 0.0203. The number of amides is 2. The van der Waals surface area contributed by atoms with Gasteiger partial charge in [-0.15, -0.1) is 0 Å². The second kappa shape index (κ2) is 31.6. The summed E-state index contributed by atoms with van der Waals surface area (Å²) in [6.45, 7) is 3.81. The highest BCUT2D eigenvalue weighted by molar-refractivity contribution is 6.31. The second-order valence-corrected chi connectivity index (χ2v) is 25.8. The number of carbonyl (C=O) groups is 2. The Bertz CT molecular complexity index is 4860. The third-order valence-corrected chi connectivity index (χ3v) is 18.4. The molecule has 0 radical (unpaired) electrons. The average Bonchev–Trinajstić information content (AvgIpc) is 1.61. The van der Waals surface area contributed by atoms with E-state index in [1.54, 1.807) is 12.4 Å². The lowest BCUT2D eigenvalue weighted by Gasteiger charge is -2.10. The first-order valence-corrected chi connectivity index (χ1v) is 34.7. The molecule has 4 aromatic carbocycles. The Balaban J connectivity index is 0.705. The number of H-pyrrole nitrogens is 2. The molecule has 8 bridgehead atoms. The predicted molar refractivity (Wildman–Crippen MR) is 395 cm³/mol. The van der Waals surface area contributed by atoms with Gasteiger partial charge in [-0.1, -0.05) is 47.5 Å². The number of ether oxygens (including phenoxy) is 2. The van der Waals surface area contributed by atoms with Crippen LogP contribution in [0.25, 0.3) is 101 Å². The Morgan fingerprint density at radius 1 is 0.449 bits per heavy atom. The van der Waals surface area contributed by atoms with E-state index in [-0.39, 0.29) is 11.8 Å². The van der Waals surface area contributed by atoms with Crippen molar-refractivity contribution in [3.05, 3.63) is 216 Å². The standard InChI is InChI=1S/C80H78Cl2N12O4/c1-93-45-35-55(36-46-93)79-69-29-27-67(90-69)77(53-13-19-59(20-14-53)97-49-9-3-11-75(95)87-41-7-5-39-83-63-33-43-85-73-51-57(81)17-23-61(63)73)65-25-26-66(89-65)78(68-28-30-70(91-68)80(72-32-31-71(79)92-72)56-37-47-94(2)48-38-56)54-15-21-60(22-16-54)98-50-10-4-12-76(96)88-42-8-6-40-84-64-34-44-86-74-52-58(82)18-24-62(64)74/h13-27,29,31-38,43-48,51-52H,3-12,28,30,39-42,49-50H2,1-2H3,(H4-,83,84,85,86,87,88,89,90,92,95,96)/p+2. The smallest absolute Gasteiger partial charge is 0.219 e. The summed E-state index contributed by atoms with van der Waals surface area (Å²) >= 11 is 12.4. The maximum Gasteiger partial charge on any atom is 0.219 e. The molecule has 0 fully saturated rings. The van der Waals surface area contributed by atoms with E-state index in [1.165, 1.54) is 0 Å². The number of benzene rings is 4. The van der Waals surface area contributed by atoms with Gasteiger partial charge in [0.25, 0.3) is 0 Å². The number of anilines is 2. The van der Waals surface area contributed by atoms with Crippen LogP contribution in [0.3, 0.4) is 0 Å². The number of hydrogen-bond acceptors (Lipinski definition) is 10. The zero-order chi connectivity index (χ0) is 67.2. The molecule has 98 heavy (non-hydrogen) atoms. The third-order valence-electron chi connectivity index (χ3n) is 17.9. The number of aromatic amines is 2. The van der Waals surface area contributed by atoms with E-state index in [4.69, 9.17) is 42.6 Å². The normalized spacial score (nSPS) is 11.9. The lowest BCUT2D eigenvalue weighted by Crippen LogP contribution is -2.25. The highest BCUT2D eigenvalue weighted by Gasteiger charge is 2.23. The van der Waals surface area contributed by atoms with Crippen LogP contribution in [0.15, 0.2) is 183 Å². The number of aromatic nitrogens is 8. The first-order valence-electron chi connectivity index (χ1n) is 34.0. The molecule has 11 aromatic rings. The molecule has 7 aromatic heterocycles. The van der Waals surface area contributed by atoms with E-state index in [0.29, 0.717) is 49.2 Å². The van der Waals surface area contributed by atoms with Crippen molar-refractivity contribution in [1.29, 1.82) is 0 Å². The molecule has 0 saturated heterocycles. The van der Waals surface area contributed by atoms with Crippen molar-refractivity contribution >= 4 is 102 Å². The summed E-state index contributed by atoms with van der Waals surface area (Å²) in [5, 5.41) is 16.6. The number of aryl methyl sites for hydroxylation is 4. The van der Waals surface area contributed by atoms with Crippen molar-refractivity contribution in [1.82, 2.24) is 40.5 Å². The number of pyridine rings is 4. The van der Waals surface area contributed by atoms with Gasteiger partial charge in [-0.3, -0.25) is 24.5 Å². The van der Waals surface area contributed by atoms with Crippen LogP contribution in [-0.4, -0.2) is 81.1 Å². The molecule has 0 atom stereocenters.